The Morgan fingerprint density at radius 3 is 2.76 bits per heavy atom. The molecule has 1 aliphatic rings. The van der Waals surface area contributed by atoms with Crippen LogP contribution in [0.1, 0.15) is 41.8 Å². The van der Waals surface area contributed by atoms with E-state index in [1.165, 1.54) is 25.7 Å². The summed E-state index contributed by atoms with van der Waals surface area (Å²) in [5, 5.41) is 3.99. The molecule has 0 unspecified atom stereocenters. The van der Waals surface area contributed by atoms with Crippen molar-refractivity contribution in [2.75, 3.05) is 11.9 Å². The predicted molar refractivity (Wildman–Crippen MR) is 70.5 cm³/mol. The van der Waals surface area contributed by atoms with E-state index in [9.17, 15) is 4.79 Å². The molecule has 1 N–H and O–H groups in total. The van der Waals surface area contributed by atoms with Crippen molar-refractivity contribution in [3.05, 3.63) is 23.7 Å². The summed E-state index contributed by atoms with van der Waals surface area (Å²) in [7, 11) is 0. The summed E-state index contributed by atoms with van der Waals surface area (Å²) in [6.45, 7) is 2.56. The third-order valence-electron chi connectivity index (χ3n) is 3.68. The Morgan fingerprint density at radius 2 is 2.24 bits per heavy atom. The number of hydrogen-bond acceptors (Lipinski definition) is 2. The van der Waals surface area contributed by atoms with Crippen molar-refractivity contribution in [1.29, 1.82) is 0 Å². The normalized spacial score (nSPS) is 18.2. The van der Waals surface area contributed by atoms with Gasteiger partial charge < -0.3 is 9.73 Å². The maximum absolute atomic E-state index is 12.0. The van der Waals surface area contributed by atoms with Crippen molar-refractivity contribution >= 4 is 21.8 Å². The summed E-state index contributed by atoms with van der Waals surface area (Å²) in [5.74, 6) is 0.658. The minimum absolute atomic E-state index is 0.0246. The molecule has 3 nitrogen and oxygen atoms in total. The van der Waals surface area contributed by atoms with Crippen LogP contribution >= 0.6 is 15.9 Å². The van der Waals surface area contributed by atoms with Gasteiger partial charge in [-0.05, 0) is 31.2 Å². The van der Waals surface area contributed by atoms with Gasteiger partial charge in [-0.3, -0.25) is 4.79 Å². The first-order valence-electron chi connectivity index (χ1n) is 6.05. The quantitative estimate of drug-likeness (QED) is 0.867. The van der Waals surface area contributed by atoms with Gasteiger partial charge in [-0.1, -0.05) is 28.8 Å². The van der Waals surface area contributed by atoms with E-state index in [-0.39, 0.29) is 11.3 Å². The van der Waals surface area contributed by atoms with E-state index in [2.05, 4.69) is 21.2 Å². The predicted octanol–water partition coefficient (Wildman–Crippen LogP) is 3.27. The number of furan rings is 1. The van der Waals surface area contributed by atoms with Gasteiger partial charge in [0.15, 0.2) is 0 Å². The lowest BCUT2D eigenvalue weighted by atomic mass is 9.89. The standard InChI is InChI=1S/C13H18BrNO2/c1-10-11(4-7-17-10)12(16)15-9-13(8-14)5-2-3-6-13/h4,7H,2-3,5-6,8-9H2,1H3,(H,15,16). The summed E-state index contributed by atoms with van der Waals surface area (Å²) in [4.78, 5) is 12.0. The van der Waals surface area contributed by atoms with E-state index in [1.54, 1.807) is 12.3 Å². The molecule has 1 heterocycles. The fourth-order valence-corrected chi connectivity index (χ4v) is 3.23. The second-order valence-corrected chi connectivity index (χ2v) is 5.47. The number of halogens is 1. The Bertz CT molecular complexity index is 394. The number of nitrogens with one attached hydrogen (secondary N) is 1. The molecule has 0 spiro atoms. The van der Waals surface area contributed by atoms with Crippen molar-refractivity contribution in [1.82, 2.24) is 5.32 Å². The Balaban J connectivity index is 1.94. The fraction of sp³-hybridized carbons (Fsp3) is 0.615. The molecule has 0 bridgehead atoms. The zero-order valence-corrected chi connectivity index (χ0v) is 11.7. The van der Waals surface area contributed by atoms with Crippen LogP contribution in [0.3, 0.4) is 0 Å². The van der Waals surface area contributed by atoms with Crippen molar-refractivity contribution in [2.24, 2.45) is 5.41 Å². The Hall–Kier alpha value is -0.770. The molecule has 1 fully saturated rings. The second kappa shape index (κ2) is 5.25. The van der Waals surface area contributed by atoms with Gasteiger partial charge in [0.1, 0.15) is 5.76 Å². The smallest absolute Gasteiger partial charge is 0.254 e. The van der Waals surface area contributed by atoms with Crippen LogP contribution in [0, 0.1) is 12.3 Å². The van der Waals surface area contributed by atoms with Crippen LogP contribution in [0.4, 0.5) is 0 Å². The third-order valence-corrected chi connectivity index (χ3v) is 4.86. The van der Waals surface area contributed by atoms with Crippen molar-refractivity contribution < 1.29 is 9.21 Å². The average Bonchev–Trinajstić information content (AvgIpc) is 2.95. The van der Waals surface area contributed by atoms with Gasteiger partial charge in [0.05, 0.1) is 11.8 Å². The number of carbonyl (C=O) groups excluding carboxylic acids is 1. The fourth-order valence-electron chi connectivity index (χ4n) is 2.47. The molecular weight excluding hydrogens is 282 g/mol. The van der Waals surface area contributed by atoms with E-state index >= 15 is 0 Å². The van der Waals surface area contributed by atoms with Gasteiger partial charge in [0.25, 0.3) is 5.91 Å². The molecule has 2 rings (SSSR count). The third kappa shape index (κ3) is 2.73. The van der Waals surface area contributed by atoms with E-state index in [0.717, 1.165) is 11.9 Å². The van der Waals surface area contributed by atoms with Gasteiger partial charge in [0, 0.05) is 11.9 Å². The van der Waals surface area contributed by atoms with Crippen LogP contribution in [0.25, 0.3) is 0 Å². The van der Waals surface area contributed by atoms with E-state index in [0.29, 0.717) is 11.3 Å². The maximum Gasteiger partial charge on any atom is 0.254 e. The molecule has 94 valence electrons. The van der Waals surface area contributed by atoms with Crippen molar-refractivity contribution in [3.8, 4) is 0 Å². The van der Waals surface area contributed by atoms with Crippen LogP contribution in [0.15, 0.2) is 16.7 Å². The molecule has 4 heteroatoms. The average molecular weight is 300 g/mol. The number of rotatable bonds is 4. The Morgan fingerprint density at radius 1 is 1.53 bits per heavy atom. The highest BCUT2D eigenvalue weighted by molar-refractivity contribution is 9.09. The first-order valence-corrected chi connectivity index (χ1v) is 7.17. The Labute approximate surface area is 110 Å². The summed E-state index contributed by atoms with van der Waals surface area (Å²) in [6.07, 6.45) is 6.49. The lowest BCUT2D eigenvalue weighted by Crippen LogP contribution is -2.37. The summed E-state index contributed by atoms with van der Waals surface area (Å²) in [5.41, 5.74) is 0.903. The Kier molecular flexibility index (Phi) is 3.92. The first kappa shape index (κ1) is 12.7. The number of alkyl halides is 1. The molecule has 1 aromatic rings. The minimum atomic E-state index is -0.0246. The topological polar surface area (TPSA) is 42.2 Å². The largest absolute Gasteiger partial charge is 0.469 e. The van der Waals surface area contributed by atoms with Gasteiger partial charge >= 0.3 is 0 Å². The van der Waals surface area contributed by atoms with Gasteiger partial charge in [0.2, 0.25) is 0 Å². The van der Waals surface area contributed by atoms with Gasteiger partial charge in [-0.2, -0.15) is 0 Å². The summed E-state index contributed by atoms with van der Waals surface area (Å²) >= 11 is 3.58. The monoisotopic (exact) mass is 299 g/mol. The highest BCUT2D eigenvalue weighted by Gasteiger charge is 2.33. The molecule has 0 radical (unpaired) electrons. The number of hydrogen-bond donors (Lipinski definition) is 1. The van der Waals surface area contributed by atoms with E-state index < -0.39 is 0 Å². The van der Waals surface area contributed by atoms with Crippen molar-refractivity contribution in [2.45, 2.75) is 32.6 Å². The molecule has 1 aliphatic carbocycles. The van der Waals surface area contributed by atoms with Crippen LogP contribution in [-0.4, -0.2) is 17.8 Å². The highest BCUT2D eigenvalue weighted by atomic mass is 79.9. The number of aryl methyl sites for hydroxylation is 1. The van der Waals surface area contributed by atoms with Crippen LogP contribution in [-0.2, 0) is 0 Å². The molecule has 1 amide bonds. The lowest BCUT2D eigenvalue weighted by Gasteiger charge is -2.26. The van der Waals surface area contributed by atoms with E-state index in [4.69, 9.17) is 4.42 Å². The molecule has 17 heavy (non-hydrogen) atoms. The summed E-state index contributed by atoms with van der Waals surface area (Å²) < 4.78 is 5.14. The molecule has 1 saturated carbocycles. The van der Waals surface area contributed by atoms with Crippen molar-refractivity contribution in [3.63, 3.8) is 0 Å². The van der Waals surface area contributed by atoms with E-state index in [1.807, 2.05) is 6.92 Å². The first-order chi connectivity index (χ1) is 8.17. The zero-order valence-electron chi connectivity index (χ0n) is 10.1. The molecule has 0 aromatic carbocycles. The molecule has 0 atom stereocenters. The number of amides is 1. The van der Waals surface area contributed by atoms with Gasteiger partial charge in [-0.15, -0.1) is 0 Å². The molecule has 0 saturated heterocycles. The second-order valence-electron chi connectivity index (χ2n) is 4.91. The number of carbonyl (C=O) groups is 1. The maximum atomic E-state index is 12.0. The molecule has 0 aliphatic heterocycles. The van der Waals surface area contributed by atoms with Crippen LogP contribution in [0.5, 0.6) is 0 Å². The SMILES string of the molecule is Cc1occc1C(=O)NCC1(CBr)CCCC1. The van der Waals surface area contributed by atoms with Crippen LogP contribution < -0.4 is 5.32 Å². The van der Waals surface area contributed by atoms with Crippen LogP contribution in [0.2, 0.25) is 0 Å². The molecular formula is C13H18BrNO2. The highest BCUT2D eigenvalue weighted by Crippen LogP contribution is 2.38. The van der Waals surface area contributed by atoms with Gasteiger partial charge in [-0.25, -0.2) is 0 Å². The summed E-state index contributed by atoms with van der Waals surface area (Å²) in [6, 6.07) is 1.72. The molecule has 1 aromatic heterocycles. The minimum Gasteiger partial charge on any atom is -0.469 e. The lowest BCUT2D eigenvalue weighted by molar-refractivity contribution is 0.0934. The zero-order chi connectivity index (χ0) is 12.3.